The van der Waals surface area contributed by atoms with E-state index >= 15 is 0 Å². The Hall–Kier alpha value is -2.68. The highest BCUT2D eigenvalue weighted by Gasteiger charge is 2.29. The van der Waals surface area contributed by atoms with Crippen molar-refractivity contribution in [1.29, 1.82) is 0 Å². The summed E-state index contributed by atoms with van der Waals surface area (Å²) in [5.74, 6) is -2.19. The number of halogens is 1. The van der Waals surface area contributed by atoms with E-state index in [-0.39, 0.29) is 22.9 Å². The summed E-state index contributed by atoms with van der Waals surface area (Å²) in [6.45, 7) is 6.45. The van der Waals surface area contributed by atoms with Gasteiger partial charge in [-0.25, -0.2) is 14.2 Å². The standard InChI is InChI=1S/C17H22FN5O3/c1-17(2,3)23-7-9(16(25)26)13(24)10-12(20)11(18)15(21-14(10)23)22-5-4-8(19)6-22/h7-8H,4-6,19H2,1-3H3,(H2,20,21)(H,25,26)/t8-/m0/s1. The number of carboxylic acids is 1. The minimum Gasteiger partial charge on any atom is -0.477 e. The molecule has 0 amide bonds. The van der Waals surface area contributed by atoms with Crippen LogP contribution in [0.25, 0.3) is 11.0 Å². The molecule has 26 heavy (non-hydrogen) atoms. The van der Waals surface area contributed by atoms with Gasteiger partial charge < -0.3 is 26.0 Å². The highest BCUT2D eigenvalue weighted by Crippen LogP contribution is 2.31. The number of hydrogen-bond acceptors (Lipinski definition) is 6. The number of aromatic carboxylic acids is 1. The molecule has 1 aliphatic rings. The molecule has 0 radical (unpaired) electrons. The summed E-state index contributed by atoms with van der Waals surface area (Å²) in [6.07, 6.45) is 1.93. The Labute approximate surface area is 149 Å². The first-order valence-corrected chi connectivity index (χ1v) is 8.31. The molecule has 0 saturated carbocycles. The summed E-state index contributed by atoms with van der Waals surface area (Å²) in [5.41, 5.74) is 9.66. The van der Waals surface area contributed by atoms with E-state index in [1.807, 2.05) is 20.8 Å². The summed E-state index contributed by atoms with van der Waals surface area (Å²) in [4.78, 5) is 30.1. The SMILES string of the molecule is CC(C)(C)n1cc(C(=O)O)c(=O)c2c(N)c(F)c(N3CC[C@H](N)C3)nc21. The quantitative estimate of drug-likeness (QED) is 0.729. The summed E-state index contributed by atoms with van der Waals surface area (Å²) in [7, 11) is 0. The van der Waals surface area contributed by atoms with E-state index in [2.05, 4.69) is 4.98 Å². The number of nitrogen functional groups attached to an aromatic ring is 1. The van der Waals surface area contributed by atoms with Gasteiger partial charge in [0, 0.05) is 30.9 Å². The summed E-state index contributed by atoms with van der Waals surface area (Å²) < 4.78 is 16.4. The monoisotopic (exact) mass is 363 g/mol. The number of carboxylic acid groups (broad SMARTS) is 1. The molecule has 9 heteroatoms. The van der Waals surface area contributed by atoms with E-state index in [4.69, 9.17) is 11.5 Å². The third-order valence-electron chi connectivity index (χ3n) is 4.57. The lowest BCUT2D eigenvalue weighted by Crippen LogP contribution is -2.31. The number of carbonyl (C=O) groups is 1. The van der Waals surface area contributed by atoms with Crippen molar-refractivity contribution in [2.24, 2.45) is 5.73 Å². The van der Waals surface area contributed by atoms with Gasteiger partial charge in [0.15, 0.2) is 11.6 Å². The van der Waals surface area contributed by atoms with Crippen LogP contribution in [-0.2, 0) is 5.54 Å². The van der Waals surface area contributed by atoms with Crippen molar-refractivity contribution < 1.29 is 14.3 Å². The predicted octanol–water partition coefficient (Wildman–Crippen LogP) is 1.11. The lowest BCUT2D eigenvalue weighted by molar-refractivity contribution is 0.0694. The topological polar surface area (TPSA) is 127 Å². The minimum atomic E-state index is -1.40. The number of nitrogens with two attached hydrogens (primary N) is 2. The number of pyridine rings is 2. The minimum absolute atomic E-state index is 0.0309. The van der Waals surface area contributed by atoms with Crippen LogP contribution in [0.2, 0.25) is 0 Å². The van der Waals surface area contributed by atoms with E-state index in [1.165, 1.54) is 6.20 Å². The molecule has 3 heterocycles. The summed E-state index contributed by atoms with van der Waals surface area (Å²) in [6, 6.07) is -0.0904. The van der Waals surface area contributed by atoms with Crippen LogP contribution >= 0.6 is 0 Å². The van der Waals surface area contributed by atoms with Gasteiger partial charge in [0.2, 0.25) is 5.43 Å². The third kappa shape index (κ3) is 2.78. The maximum Gasteiger partial charge on any atom is 0.341 e. The van der Waals surface area contributed by atoms with Gasteiger partial charge in [-0.05, 0) is 27.2 Å². The lowest BCUT2D eigenvalue weighted by Gasteiger charge is -2.27. The number of fused-ring (bicyclic) bond motifs is 1. The molecule has 0 spiro atoms. The fraction of sp³-hybridized carbons (Fsp3) is 0.471. The van der Waals surface area contributed by atoms with E-state index < -0.39 is 34.0 Å². The molecule has 1 atom stereocenters. The maximum absolute atomic E-state index is 14.9. The number of aromatic nitrogens is 2. The van der Waals surface area contributed by atoms with Crippen molar-refractivity contribution in [1.82, 2.24) is 9.55 Å². The van der Waals surface area contributed by atoms with Crippen LogP contribution < -0.4 is 21.8 Å². The molecule has 1 fully saturated rings. The van der Waals surface area contributed by atoms with Crippen molar-refractivity contribution >= 4 is 28.5 Å². The molecule has 1 aliphatic heterocycles. The highest BCUT2D eigenvalue weighted by atomic mass is 19.1. The fourth-order valence-corrected chi connectivity index (χ4v) is 3.19. The molecule has 5 N–H and O–H groups in total. The molecule has 0 aliphatic carbocycles. The van der Waals surface area contributed by atoms with Gasteiger partial charge in [0.25, 0.3) is 0 Å². The zero-order valence-electron chi connectivity index (χ0n) is 14.9. The molecule has 140 valence electrons. The van der Waals surface area contributed by atoms with Gasteiger partial charge in [0.1, 0.15) is 11.2 Å². The van der Waals surface area contributed by atoms with Gasteiger partial charge >= 0.3 is 5.97 Å². The van der Waals surface area contributed by atoms with Crippen LogP contribution in [0.5, 0.6) is 0 Å². The zero-order valence-corrected chi connectivity index (χ0v) is 14.9. The molecule has 2 aromatic heterocycles. The Morgan fingerprint density at radius 2 is 2.08 bits per heavy atom. The Balaban J connectivity index is 2.41. The predicted molar refractivity (Wildman–Crippen MR) is 97.1 cm³/mol. The zero-order chi connectivity index (χ0) is 19.4. The second kappa shape index (κ2) is 5.94. The molecule has 0 bridgehead atoms. The van der Waals surface area contributed by atoms with Crippen molar-refractivity contribution in [3.8, 4) is 0 Å². The fourth-order valence-electron chi connectivity index (χ4n) is 3.19. The average Bonchev–Trinajstić information content (AvgIpc) is 2.95. The number of nitrogens with zero attached hydrogens (tertiary/aromatic N) is 3. The van der Waals surface area contributed by atoms with Gasteiger partial charge in [-0.15, -0.1) is 0 Å². The first-order chi connectivity index (χ1) is 12.0. The molecule has 0 unspecified atom stereocenters. The highest BCUT2D eigenvalue weighted by molar-refractivity contribution is 5.97. The largest absolute Gasteiger partial charge is 0.477 e. The normalized spacial score (nSPS) is 17.9. The number of rotatable bonds is 2. The first-order valence-electron chi connectivity index (χ1n) is 8.31. The number of anilines is 2. The molecule has 3 rings (SSSR count). The molecule has 8 nitrogen and oxygen atoms in total. The van der Waals surface area contributed by atoms with Crippen LogP contribution in [0.3, 0.4) is 0 Å². The van der Waals surface area contributed by atoms with Gasteiger partial charge in [-0.1, -0.05) is 0 Å². The number of hydrogen-bond donors (Lipinski definition) is 3. The molecular formula is C17H22FN5O3. The third-order valence-corrected chi connectivity index (χ3v) is 4.57. The van der Waals surface area contributed by atoms with Gasteiger partial charge in [-0.3, -0.25) is 4.79 Å². The van der Waals surface area contributed by atoms with Crippen LogP contribution in [0.4, 0.5) is 15.9 Å². The second-order valence-electron chi connectivity index (χ2n) is 7.57. The second-order valence-corrected chi connectivity index (χ2v) is 7.57. The Morgan fingerprint density at radius 3 is 2.58 bits per heavy atom. The smallest absolute Gasteiger partial charge is 0.341 e. The van der Waals surface area contributed by atoms with E-state index in [0.29, 0.717) is 19.5 Å². The molecule has 1 saturated heterocycles. The molecular weight excluding hydrogens is 341 g/mol. The maximum atomic E-state index is 14.9. The van der Waals surface area contributed by atoms with Crippen molar-refractivity contribution in [3.63, 3.8) is 0 Å². The van der Waals surface area contributed by atoms with Crippen LogP contribution in [0, 0.1) is 5.82 Å². The van der Waals surface area contributed by atoms with Crippen LogP contribution in [0.1, 0.15) is 37.6 Å². The average molecular weight is 363 g/mol. The van der Waals surface area contributed by atoms with Crippen LogP contribution in [0.15, 0.2) is 11.0 Å². The van der Waals surface area contributed by atoms with Crippen molar-refractivity contribution in [2.75, 3.05) is 23.7 Å². The van der Waals surface area contributed by atoms with Crippen molar-refractivity contribution in [2.45, 2.75) is 38.8 Å². The summed E-state index contributed by atoms with van der Waals surface area (Å²) >= 11 is 0. The Bertz CT molecular complexity index is 964. The van der Waals surface area contributed by atoms with E-state index in [9.17, 15) is 19.1 Å². The Morgan fingerprint density at radius 1 is 1.42 bits per heavy atom. The van der Waals surface area contributed by atoms with Crippen LogP contribution in [-0.4, -0.2) is 39.8 Å². The van der Waals surface area contributed by atoms with E-state index in [1.54, 1.807) is 9.47 Å². The Kier molecular flexibility index (Phi) is 4.14. The molecule has 0 aromatic carbocycles. The van der Waals surface area contributed by atoms with Gasteiger partial charge in [0.05, 0.1) is 11.1 Å². The lowest BCUT2D eigenvalue weighted by atomic mass is 10.1. The first kappa shape index (κ1) is 18.1. The van der Waals surface area contributed by atoms with Gasteiger partial charge in [-0.2, -0.15) is 0 Å². The molecule has 2 aromatic rings. The summed E-state index contributed by atoms with van der Waals surface area (Å²) in [5, 5.41) is 9.12. The van der Waals surface area contributed by atoms with E-state index in [0.717, 1.165) is 0 Å². The van der Waals surface area contributed by atoms with Crippen molar-refractivity contribution in [3.05, 3.63) is 27.8 Å².